The highest BCUT2D eigenvalue weighted by Gasteiger charge is 2.28. The fraction of sp³-hybridized carbons (Fsp3) is 0.391. The summed E-state index contributed by atoms with van der Waals surface area (Å²) in [4.78, 5) is 27.8. The third-order valence-corrected chi connectivity index (χ3v) is 5.56. The van der Waals surface area contributed by atoms with Gasteiger partial charge in [-0.3, -0.25) is 9.59 Å². The number of nitrogens with one attached hydrogen (secondary N) is 1. The maximum absolute atomic E-state index is 12.5. The number of H-pyrrole nitrogens is 1. The lowest BCUT2D eigenvalue weighted by molar-refractivity contribution is -0.142. The lowest BCUT2D eigenvalue weighted by Crippen LogP contribution is -2.15. The largest absolute Gasteiger partial charge is 0.457 e. The van der Waals surface area contributed by atoms with Gasteiger partial charge in [-0.15, -0.1) is 0 Å². The Bertz CT molecular complexity index is 1020. The van der Waals surface area contributed by atoms with E-state index in [-0.39, 0.29) is 18.4 Å². The third-order valence-electron chi connectivity index (χ3n) is 5.56. The third kappa shape index (κ3) is 3.75. The van der Waals surface area contributed by atoms with Gasteiger partial charge in [-0.1, -0.05) is 18.2 Å². The average Bonchev–Trinajstić information content (AvgIpc) is 3.36. The highest BCUT2D eigenvalue weighted by atomic mass is 16.5. The Balaban J connectivity index is 1.26. The molecule has 0 saturated heterocycles. The number of esters is 1. The summed E-state index contributed by atoms with van der Waals surface area (Å²) in [6.45, 7) is 3.82. The predicted molar refractivity (Wildman–Crippen MR) is 109 cm³/mol. The van der Waals surface area contributed by atoms with Crippen LogP contribution in [0.4, 0.5) is 0 Å². The number of ketones is 1. The van der Waals surface area contributed by atoms with Crippen LogP contribution in [0.5, 0.6) is 0 Å². The number of fused-ring (bicyclic) bond motifs is 1. The molecule has 3 aromatic rings. The van der Waals surface area contributed by atoms with E-state index in [1.807, 2.05) is 44.3 Å². The van der Waals surface area contributed by atoms with Gasteiger partial charge in [-0.25, -0.2) is 0 Å². The van der Waals surface area contributed by atoms with Crippen LogP contribution in [-0.4, -0.2) is 27.9 Å². The van der Waals surface area contributed by atoms with E-state index in [0.717, 1.165) is 23.3 Å². The molecule has 1 aromatic carbocycles. The number of aryl methyl sites for hydroxylation is 2. The molecule has 0 radical (unpaired) electrons. The van der Waals surface area contributed by atoms with Crippen LogP contribution in [0, 0.1) is 13.8 Å². The molecule has 0 atom stereocenters. The number of hydrogen-bond acceptors (Lipinski definition) is 3. The Hall–Kier alpha value is -2.82. The van der Waals surface area contributed by atoms with Crippen molar-refractivity contribution in [1.82, 2.24) is 9.55 Å². The van der Waals surface area contributed by atoms with Gasteiger partial charge in [0.1, 0.15) is 0 Å². The van der Waals surface area contributed by atoms with Crippen molar-refractivity contribution >= 4 is 22.7 Å². The monoisotopic (exact) mass is 378 g/mol. The Kier molecular flexibility index (Phi) is 5.07. The second-order valence-corrected chi connectivity index (χ2v) is 7.68. The minimum Gasteiger partial charge on any atom is -0.457 e. The Morgan fingerprint density at radius 2 is 2.00 bits per heavy atom. The molecule has 2 aromatic heterocycles. The van der Waals surface area contributed by atoms with Crippen molar-refractivity contribution in [2.45, 2.75) is 52.0 Å². The number of aromatic amines is 1. The first-order chi connectivity index (χ1) is 13.5. The van der Waals surface area contributed by atoms with Gasteiger partial charge in [0.25, 0.3) is 0 Å². The molecule has 4 rings (SSSR count). The van der Waals surface area contributed by atoms with Crippen LogP contribution in [0.3, 0.4) is 0 Å². The van der Waals surface area contributed by atoms with E-state index in [4.69, 9.17) is 4.74 Å². The zero-order valence-electron chi connectivity index (χ0n) is 16.5. The molecule has 1 N–H and O–H groups in total. The topological polar surface area (TPSA) is 64.1 Å². The van der Waals surface area contributed by atoms with Gasteiger partial charge in [0.15, 0.2) is 6.61 Å². The van der Waals surface area contributed by atoms with Crippen molar-refractivity contribution in [3.8, 4) is 0 Å². The predicted octanol–water partition coefficient (Wildman–Crippen LogP) is 4.67. The molecule has 0 unspecified atom stereocenters. The van der Waals surface area contributed by atoms with Crippen LogP contribution in [0.15, 0.2) is 36.5 Å². The zero-order valence-corrected chi connectivity index (χ0v) is 16.5. The first-order valence-corrected chi connectivity index (χ1v) is 9.97. The molecule has 0 aliphatic heterocycles. The van der Waals surface area contributed by atoms with Crippen LogP contribution in [0.25, 0.3) is 10.9 Å². The van der Waals surface area contributed by atoms with Crippen LogP contribution >= 0.6 is 0 Å². The van der Waals surface area contributed by atoms with Gasteiger partial charge in [-0.05, 0) is 57.2 Å². The molecule has 0 amide bonds. The minimum absolute atomic E-state index is 0.120. The molecule has 1 aliphatic rings. The molecule has 146 valence electrons. The molecule has 5 nitrogen and oxygen atoms in total. The SMILES string of the molecule is Cc1cc(C(=O)COC(=O)CCCc2c[nH]c3ccccc23)c(C)n1C1CC1. The van der Waals surface area contributed by atoms with Gasteiger partial charge >= 0.3 is 5.97 Å². The van der Waals surface area contributed by atoms with Gasteiger partial charge in [0, 0.05) is 46.5 Å². The maximum atomic E-state index is 12.5. The van der Waals surface area contributed by atoms with Crippen LogP contribution in [0.1, 0.15) is 59.0 Å². The number of ether oxygens (including phenoxy) is 1. The van der Waals surface area contributed by atoms with Crippen molar-refractivity contribution in [2.24, 2.45) is 0 Å². The van der Waals surface area contributed by atoms with Crippen LogP contribution < -0.4 is 0 Å². The summed E-state index contributed by atoms with van der Waals surface area (Å²) in [6, 6.07) is 10.6. The second-order valence-electron chi connectivity index (χ2n) is 7.68. The fourth-order valence-electron chi connectivity index (χ4n) is 4.01. The highest BCUT2D eigenvalue weighted by molar-refractivity contribution is 5.99. The summed E-state index contributed by atoms with van der Waals surface area (Å²) in [5.41, 5.74) is 5.08. The van der Waals surface area contributed by atoms with E-state index in [1.54, 1.807) is 0 Å². The maximum Gasteiger partial charge on any atom is 0.306 e. The molecule has 5 heteroatoms. The van der Waals surface area contributed by atoms with Crippen LogP contribution in [0.2, 0.25) is 0 Å². The molecular weight excluding hydrogens is 352 g/mol. The smallest absolute Gasteiger partial charge is 0.306 e. The van der Waals surface area contributed by atoms with Crippen LogP contribution in [-0.2, 0) is 16.0 Å². The van der Waals surface area contributed by atoms with Gasteiger partial charge in [0.2, 0.25) is 5.78 Å². The number of rotatable bonds is 8. The van der Waals surface area contributed by atoms with E-state index in [1.165, 1.54) is 23.8 Å². The molecule has 0 bridgehead atoms. The van der Waals surface area contributed by atoms with Crippen molar-refractivity contribution in [3.05, 3.63) is 59.0 Å². The summed E-state index contributed by atoms with van der Waals surface area (Å²) < 4.78 is 7.47. The summed E-state index contributed by atoms with van der Waals surface area (Å²) in [5.74, 6) is -0.436. The first kappa shape index (κ1) is 18.5. The molecule has 1 fully saturated rings. The highest BCUT2D eigenvalue weighted by Crippen LogP contribution is 2.38. The zero-order chi connectivity index (χ0) is 19.7. The summed E-state index contributed by atoms with van der Waals surface area (Å²) in [5, 5.41) is 1.19. The molecule has 1 saturated carbocycles. The van der Waals surface area contributed by atoms with Gasteiger partial charge < -0.3 is 14.3 Å². The minimum atomic E-state index is -0.316. The number of Topliss-reactive ketones (excluding diaryl/α,β-unsaturated/α-hetero) is 1. The number of carbonyl (C=O) groups excluding carboxylic acids is 2. The van der Waals surface area contributed by atoms with E-state index < -0.39 is 0 Å². The van der Waals surface area contributed by atoms with Crippen molar-refractivity contribution in [1.29, 1.82) is 0 Å². The lowest BCUT2D eigenvalue weighted by atomic mass is 10.1. The van der Waals surface area contributed by atoms with E-state index in [9.17, 15) is 9.59 Å². The molecule has 2 heterocycles. The van der Waals surface area contributed by atoms with E-state index in [2.05, 4.69) is 15.6 Å². The summed E-state index contributed by atoms with van der Waals surface area (Å²) in [7, 11) is 0. The average molecular weight is 378 g/mol. The quantitative estimate of drug-likeness (QED) is 0.458. The molecule has 1 aliphatic carbocycles. The van der Waals surface area contributed by atoms with Crippen molar-refractivity contribution < 1.29 is 14.3 Å². The number of aromatic nitrogens is 2. The molecule has 0 spiro atoms. The number of para-hydroxylation sites is 1. The Labute approximate surface area is 164 Å². The summed E-state index contributed by atoms with van der Waals surface area (Å²) in [6.07, 6.45) is 6.16. The normalized spacial score (nSPS) is 13.8. The standard InChI is InChI=1S/C23H26N2O3/c1-15-12-20(16(2)25(15)18-10-11-18)22(26)14-28-23(27)9-5-6-17-13-24-21-8-4-3-7-19(17)21/h3-4,7-8,12-13,18,24H,5-6,9-11,14H2,1-2H3. The van der Waals surface area contributed by atoms with E-state index >= 15 is 0 Å². The lowest BCUT2D eigenvalue weighted by Gasteiger charge is -2.08. The number of carbonyl (C=O) groups is 2. The first-order valence-electron chi connectivity index (χ1n) is 9.97. The van der Waals surface area contributed by atoms with Gasteiger partial charge in [0.05, 0.1) is 0 Å². The van der Waals surface area contributed by atoms with E-state index in [0.29, 0.717) is 24.4 Å². The van der Waals surface area contributed by atoms with Crippen molar-refractivity contribution in [3.63, 3.8) is 0 Å². The Morgan fingerprint density at radius 1 is 1.21 bits per heavy atom. The van der Waals surface area contributed by atoms with Crippen molar-refractivity contribution in [2.75, 3.05) is 6.61 Å². The number of nitrogens with zero attached hydrogens (tertiary/aromatic N) is 1. The Morgan fingerprint density at radius 3 is 2.79 bits per heavy atom. The molecule has 28 heavy (non-hydrogen) atoms. The summed E-state index contributed by atoms with van der Waals surface area (Å²) >= 11 is 0. The van der Waals surface area contributed by atoms with Gasteiger partial charge in [-0.2, -0.15) is 0 Å². The number of benzene rings is 1. The fourth-order valence-corrected chi connectivity index (χ4v) is 4.01. The molecular formula is C23H26N2O3. The second kappa shape index (κ2) is 7.66. The number of hydrogen-bond donors (Lipinski definition) is 1.